The zero-order valence-corrected chi connectivity index (χ0v) is 14.8. The van der Waals surface area contributed by atoms with Gasteiger partial charge < -0.3 is 10.1 Å². The molecule has 0 radical (unpaired) electrons. The van der Waals surface area contributed by atoms with Crippen molar-refractivity contribution in [3.8, 4) is 0 Å². The van der Waals surface area contributed by atoms with Gasteiger partial charge in [-0.05, 0) is 42.5 Å². The van der Waals surface area contributed by atoms with Gasteiger partial charge in [-0.15, -0.1) is 0 Å². The van der Waals surface area contributed by atoms with Gasteiger partial charge in [-0.1, -0.05) is 11.6 Å². The molecule has 0 saturated carbocycles. The van der Waals surface area contributed by atoms with Crippen molar-refractivity contribution >= 4 is 46.0 Å². The maximum absolute atomic E-state index is 12.7. The molecule has 132 valence electrons. The van der Waals surface area contributed by atoms with E-state index in [1.165, 1.54) is 24.8 Å². The van der Waals surface area contributed by atoms with Crippen LogP contribution in [0.1, 0.15) is 32.4 Å². The lowest BCUT2D eigenvalue weighted by atomic mass is 10.1. The van der Waals surface area contributed by atoms with Gasteiger partial charge in [0, 0.05) is 29.2 Å². The predicted molar refractivity (Wildman–Crippen MR) is 99.0 cm³/mol. The van der Waals surface area contributed by atoms with E-state index in [-0.39, 0.29) is 11.8 Å². The van der Waals surface area contributed by atoms with E-state index in [9.17, 15) is 14.4 Å². The molecule has 0 spiro atoms. The fourth-order valence-electron chi connectivity index (χ4n) is 2.65. The van der Waals surface area contributed by atoms with Crippen molar-refractivity contribution in [2.24, 2.45) is 0 Å². The SMILES string of the molecule is COC(=O)c1ccc(NC(=O)c2cn(C(C)=O)c3ccc(Cl)cc23)cc1. The van der Waals surface area contributed by atoms with Crippen molar-refractivity contribution in [3.05, 3.63) is 64.8 Å². The summed E-state index contributed by atoms with van der Waals surface area (Å²) < 4.78 is 6.04. The van der Waals surface area contributed by atoms with Gasteiger partial charge in [0.1, 0.15) is 0 Å². The molecule has 3 aromatic rings. The second-order valence-corrected chi connectivity index (χ2v) is 6.05. The second-order valence-electron chi connectivity index (χ2n) is 5.62. The van der Waals surface area contributed by atoms with Gasteiger partial charge in [0.05, 0.1) is 23.8 Å². The third-order valence-corrected chi connectivity index (χ3v) is 4.15. The molecule has 7 heteroatoms. The maximum Gasteiger partial charge on any atom is 0.337 e. The van der Waals surface area contributed by atoms with Gasteiger partial charge in [-0.25, -0.2) is 4.79 Å². The quantitative estimate of drug-likeness (QED) is 0.707. The van der Waals surface area contributed by atoms with Crippen LogP contribution in [0.15, 0.2) is 48.7 Å². The Hall–Kier alpha value is -3.12. The number of halogens is 1. The summed E-state index contributed by atoms with van der Waals surface area (Å²) in [5.41, 5.74) is 1.82. The zero-order valence-electron chi connectivity index (χ0n) is 14.1. The number of hydrogen-bond acceptors (Lipinski definition) is 4. The molecular formula is C19H15ClN2O4. The lowest BCUT2D eigenvalue weighted by Gasteiger charge is -2.05. The number of nitrogens with zero attached hydrogens (tertiary/aromatic N) is 1. The molecule has 0 bridgehead atoms. The molecule has 1 aromatic heterocycles. The molecule has 26 heavy (non-hydrogen) atoms. The molecule has 1 N–H and O–H groups in total. The first-order chi connectivity index (χ1) is 12.4. The standard InChI is InChI=1S/C19H15ClN2O4/c1-11(23)22-10-16(15-9-13(20)5-8-17(15)22)18(24)21-14-6-3-12(4-7-14)19(25)26-2/h3-10H,1-2H3,(H,21,24). The van der Waals surface area contributed by atoms with Gasteiger partial charge >= 0.3 is 5.97 Å². The Labute approximate surface area is 154 Å². The summed E-state index contributed by atoms with van der Waals surface area (Å²) in [4.78, 5) is 36.0. The summed E-state index contributed by atoms with van der Waals surface area (Å²) >= 11 is 6.04. The Kier molecular flexibility index (Phi) is 4.77. The molecule has 0 atom stereocenters. The van der Waals surface area contributed by atoms with E-state index in [2.05, 4.69) is 10.1 Å². The number of carbonyl (C=O) groups excluding carboxylic acids is 3. The molecular weight excluding hydrogens is 356 g/mol. The molecule has 6 nitrogen and oxygen atoms in total. The first kappa shape index (κ1) is 17.7. The fourth-order valence-corrected chi connectivity index (χ4v) is 2.82. The molecule has 1 heterocycles. The van der Waals surface area contributed by atoms with Gasteiger partial charge in [0.2, 0.25) is 5.91 Å². The number of aromatic nitrogens is 1. The molecule has 0 aliphatic heterocycles. The van der Waals surface area contributed by atoms with E-state index in [0.717, 1.165) is 0 Å². The number of methoxy groups -OCH3 is 1. The fraction of sp³-hybridized carbons (Fsp3) is 0.105. The Morgan fingerprint density at radius 2 is 1.77 bits per heavy atom. The normalized spacial score (nSPS) is 10.6. The average Bonchev–Trinajstić information content (AvgIpc) is 3.00. The third kappa shape index (κ3) is 3.32. The molecule has 0 fully saturated rings. The first-order valence-corrected chi connectivity index (χ1v) is 8.10. The van der Waals surface area contributed by atoms with Crippen LogP contribution in [0.2, 0.25) is 5.02 Å². The number of carbonyl (C=O) groups is 3. The summed E-state index contributed by atoms with van der Waals surface area (Å²) in [6, 6.07) is 11.3. The largest absolute Gasteiger partial charge is 0.465 e. The van der Waals surface area contributed by atoms with Gasteiger partial charge in [-0.3, -0.25) is 14.2 Å². The minimum absolute atomic E-state index is 0.209. The molecule has 3 rings (SSSR count). The summed E-state index contributed by atoms with van der Waals surface area (Å²) in [5, 5.41) is 3.80. The molecule has 0 unspecified atom stereocenters. The second kappa shape index (κ2) is 7.01. The van der Waals surface area contributed by atoms with Crippen LogP contribution in [0, 0.1) is 0 Å². The van der Waals surface area contributed by atoms with Crippen LogP contribution < -0.4 is 5.32 Å². The Morgan fingerprint density at radius 3 is 2.38 bits per heavy atom. The number of hydrogen-bond donors (Lipinski definition) is 1. The summed E-state index contributed by atoms with van der Waals surface area (Å²) in [5.74, 6) is -1.05. The lowest BCUT2D eigenvalue weighted by molar-refractivity contribution is 0.0600. The minimum Gasteiger partial charge on any atom is -0.465 e. The smallest absolute Gasteiger partial charge is 0.337 e. The molecule has 0 saturated heterocycles. The van der Waals surface area contributed by atoms with Crippen molar-refractivity contribution in [1.29, 1.82) is 0 Å². The van der Waals surface area contributed by atoms with E-state index in [1.54, 1.807) is 42.5 Å². The van der Waals surface area contributed by atoms with E-state index in [0.29, 0.717) is 32.7 Å². The van der Waals surface area contributed by atoms with E-state index in [4.69, 9.17) is 11.6 Å². The summed E-state index contributed by atoms with van der Waals surface area (Å²) in [6.07, 6.45) is 1.49. The van der Waals surface area contributed by atoms with Crippen LogP contribution in [-0.2, 0) is 4.74 Å². The number of benzene rings is 2. The monoisotopic (exact) mass is 370 g/mol. The number of anilines is 1. The lowest BCUT2D eigenvalue weighted by Crippen LogP contribution is -2.12. The van der Waals surface area contributed by atoms with E-state index >= 15 is 0 Å². The van der Waals surface area contributed by atoms with Crippen molar-refractivity contribution in [1.82, 2.24) is 4.57 Å². The number of esters is 1. The summed E-state index contributed by atoms with van der Waals surface area (Å²) in [6.45, 7) is 1.42. The van der Waals surface area contributed by atoms with Gasteiger partial charge in [0.25, 0.3) is 5.91 Å². The van der Waals surface area contributed by atoms with Gasteiger partial charge in [-0.2, -0.15) is 0 Å². The van der Waals surface area contributed by atoms with Crippen LogP contribution in [0.4, 0.5) is 5.69 Å². The highest BCUT2D eigenvalue weighted by atomic mass is 35.5. The Morgan fingerprint density at radius 1 is 1.08 bits per heavy atom. The van der Waals surface area contributed by atoms with Crippen molar-refractivity contribution < 1.29 is 19.1 Å². The van der Waals surface area contributed by atoms with Crippen LogP contribution in [0.3, 0.4) is 0 Å². The third-order valence-electron chi connectivity index (χ3n) is 3.91. The van der Waals surface area contributed by atoms with Crippen LogP contribution in [0.25, 0.3) is 10.9 Å². The maximum atomic E-state index is 12.7. The average molecular weight is 371 g/mol. The molecule has 0 aliphatic rings. The number of amides is 1. The zero-order chi connectivity index (χ0) is 18.8. The predicted octanol–water partition coefficient (Wildman–Crippen LogP) is 3.99. The molecule has 1 amide bonds. The van der Waals surface area contributed by atoms with Crippen LogP contribution in [-0.4, -0.2) is 29.5 Å². The number of nitrogens with one attached hydrogen (secondary N) is 1. The van der Waals surface area contributed by atoms with E-state index < -0.39 is 5.97 Å². The Bertz CT molecular complexity index is 1020. The van der Waals surface area contributed by atoms with Crippen molar-refractivity contribution in [2.75, 3.05) is 12.4 Å². The van der Waals surface area contributed by atoms with Crippen molar-refractivity contribution in [2.45, 2.75) is 6.92 Å². The number of ether oxygens (including phenoxy) is 1. The highest BCUT2D eigenvalue weighted by Crippen LogP contribution is 2.26. The van der Waals surface area contributed by atoms with Crippen LogP contribution in [0.5, 0.6) is 0 Å². The highest BCUT2D eigenvalue weighted by Gasteiger charge is 2.17. The van der Waals surface area contributed by atoms with Gasteiger partial charge in [0.15, 0.2) is 0 Å². The van der Waals surface area contributed by atoms with Crippen LogP contribution >= 0.6 is 11.6 Å². The molecule has 0 aliphatic carbocycles. The summed E-state index contributed by atoms with van der Waals surface area (Å²) in [7, 11) is 1.30. The molecule has 2 aromatic carbocycles. The van der Waals surface area contributed by atoms with Crippen molar-refractivity contribution in [3.63, 3.8) is 0 Å². The Balaban J connectivity index is 1.94. The van der Waals surface area contributed by atoms with E-state index in [1.807, 2.05) is 0 Å². The highest BCUT2D eigenvalue weighted by molar-refractivity contribution is 6.31. The first-order valence-electron chi connectivity index (χ1n) is 7.72. The topological polar surface area (TPSA) is 77.4 Å². The number of rotatable bonds is 3. The number of fused-ring (bicyclic) bond motifs is 1. The minimum atomic E-state index is -0.456.